The van der Waals surface area contributed by atoms with Crippen LogP contribution in [0.15, 0.2) is 67.0 Å². The van der Waals surface area contributed by atoms with Crippen LogP contribution in [0.1, 0.15) is 37.8 Å². The fourth-order valence-corrected chi connectivity index (χ4v) is 3.63. The maximum atomic E-state index is 11.1. The summed E-state index contributed by atoms with van der Waals surface area (Å²) in [6.45, 7) is 2.68. The van der Waals surface area contributed by atoms with E-state index in [9.17, 15) is 4.79 Å². The summed E-state index contributed by atoms with van der Waals surface area (Å²) in [6, 6.07) is 20.4. The van der Waals surface area contributed by atoms with Crippen molar-refractivity contribution in [2.75, 3.05) is 19.0 Å². The van der Waals surface area contributed by atoms with E-state index in [4.69, 9.17) is 4.74 Å². The molecule has 0 spiro atoms. The fourth-order valence-electron chi connectivity index (χ4n) is 3.63. The van der Waals surface area contributed by atoms with Gasteiger partial charge in [0, 0.05) is 18.2 Å². The number of anilines is 1. The summed E-state index contributed by atoms with van der Waals surface area (Å²) in [7, 11) is 1.41. The Morgan fingerprint density at radius 2 is 1.85 bits per heavy atom. The highest BCUT2D eigenvalue weighted by molar-refractivity contribution is 5.91. The zero-order valence-corrected chi connectivity index (χ0v) is 18.9. The van der Waals surface area contributed by atoms with Crippen molar-refractivity contribution < 1.29 is 14.3 Å². The number of rotatable bonds is 10. The maximum Gasteiger partial charge on any atom is 0.305 e. The summed E-state index contributed by atoms with van der Waals surface area (Å²) in [5.41, 5.74) is 3.98. The summed E-state index contributed by atoms with van der Waals surface area (Å²) in [4.78, 5) is 23.4. The quantitative estimate of drug-likeness (QED) is 0.247. The molecule has 0 aliphatic carbocycles. The van der Waals surface area contributed by atoms with E-state index in [1.54, 1.807) is 6.33 Å². The van der Waals surface area contributed by atoms with Gasteiger partial charge in [0.25, 0.3) is 0 Å². The summed E-state index contributed by atoms with van der Waals surface area (Å²) >= 11 is 0. The standard InChI is InChI=1S/C26H28N4O3/c1-18(19-8-4-3-5-9-19)29-25-22-16-23(30-26(22)28-17-27-25)20-11-13-21(14-12-20)33-15-7-6-10-24(31)32-2/h3-5,8-9,11-14,16-18H,6-7,10,15H2,1-2H3,(H2,27,28,29,30)/t18-/m1/s1. The van der Waals surface area contributed by atoms with Gasteiger partial charge < -0.3 is 19.8 Å². The van der Waals surface area contributed by atoms with E-state index in [1.165, 1.54) is 12.7 Å². The number of ether oxygens (including phenoxy) is 2. The molecule has 2 aromatic heterocycles. The molecule has 33 heavy (non-hydrogen) atoms. The second kappa shape index (κ2) is 10.6. The molecule has 0 radical (unpaired) electrons. The number of unbranched alkanes of at least 4 members (excludes halogenated alkanes) is 1. The van der Waals surface area contributed by atoms with Gasteiger partial charge in [-0.1, -0.05) is 30.3 Å². The van der Waals surface area contributed by atoms with Gasteiger partial charge in [0.1, 0.15) is 23.5 Å². The van der Waals surface area contributed by atoms with E-state index in [-0.39, 0.29) is 12.0 Å². The minimum absolute atomic E-state index is 0.117. The predicted octanol–water partition coefficient (Wildman–Crippen LogP) is 5.52. The molecule has 7 nitrogen and oxygen atoms in total. The van der Waals surface area contributed by atoms with Gasteiger partial charge in [-0.2, -0.15) is 0 Å². The highest BCUT2D eigenvalue weighted by atomic mass is 16.5. The summed E-state index contributed by atoms with van der Waals surface area (Å²) < 4.78 is 10.4. The number of methoxy groups -OCH3 is 1. The van der Waals surface area contributed by atoms with Crippen molar-refractivity contribution in [2.45, 2.75) is 32.2 Å². The van der Waals surface area contributed by atoms with Crippen LogP contribution in [0.4, 0.5) is 5.82 Å². The second-order valence-corrected chi connectivity index (χ2v) is 7.85. The first kappa shape index (κ1) is 22.3. The molecule has 0 aliphatic rings. The van der Waals surface area contributed by atoms with Crippen LogP contribution in [0.25, 0.3) is 22.3 Å². The highest BCUT2D eigenvalue weighted by Gasteiger charge is 2.12. The van der Waals surface area contributed by atoms with Gasteiger partial charge in [0.2, 0.25) is 0 Å². The predicted molar refractivity (Wildman–Crippen MR) is 129 cm³/mol. The molecular weight excluding hydrogens is 416 g/mol. The Kier molecular flexibility index (Phi) is 7.19. The molecule has 0 unspecified atom stereocenters. The number of nitrogens with one attached hydrogen (secondary N) is 2. The van der Waals surface area contributed by atoms with Crippen LogP contribution >= 0.6 is 0 Å². The number of fused-ring (bicyclic) bond motifs is 1. The Morgan fingerprint density at radius 3 is 2.61 bits per heavy atom. The molecule has 0 saturated carbocycles. The Morgan fingerprint density at radius 1 is 1.06 bits per heavy atom. The topological polar surface area (TPSA) is 89.1 Å². The monoisotopic (exact) mass is 444 g/mol. The molecule has 0 fully saturated rings. The molecule has 2 N–H and O–H groups in total. The minimum Gasteiger partial charge on any atom is -0.494 e. The summed E-state index contributed by atoms with van der Waals surface area (Å²) in [5.74, 6) is 1.41. The molecule has 2 heterocycles. The molecule has 4 rings (SSSR count). The minimum atomic E-state index is -0.185. The molecule has 0 aliphatic heterocycles. The number of nitrogens with zero attached hydrogens (tertiary/aromatic N) is 2. The zero-order chi connectivity index (χ0) is 23.0. The van der Waals surface area contributed by atoms with E-state index in [2.05, 4.69) is 50.1 Å². The van der Waals surface area contributed by atoms with Crippen LogP contribution in [-0.2, 0) is 9.53 Å². The molecule has 0 amide bonds. The Bertz CT molecular complexity index is 1190. The molecular formula is C26H28N4O3. The number of hydrogen-bond acceptors (Lipinski definition) is 6. The van der Waals surface area contributed by atoms with Crippen molar-refractivity contribution in [2.24, 2.45) is 0 Å². The van der Waals surface area contributed by atoms with Crippen molar-refractivity contribution in [3.8, 4) is 17.0 Å². The SMILES string of the molecule is COC(=O)CCCCOc1ccc(-c2cc3c(N[C@H](C)c4ccccc4)ncnc3[nH]2)cc1. The van der Waals surface area contributed by atoms with Crippen molar-refractivity contribution in [3.63, 3.8) is 0 Å². The average Bonchev–Trinajstić information content (AvgIpc) is 3.30. The summed E-state index contributed by atoms with van der Waals surface area (Å²) in [5, 5.41) is 4.44. The van der Waals surface area contributed by atoms with E-state index in [1.807, 2.05) is 42.5 Å². The van der Waals surface area contributed by atoms with E-state index in [0.29, 0.717) is 13.0 Å². The van der Waals surface area contributed by atoms with Crippen molar-refractivity contribution in [1.82, 2.24) is 15.0 Å². The number of hydrogen-bond donors (Lipinski definition) is 2. The van der Waals surface area contributed by atoms with Gasteiger partial charge in [-0.15, -0.1) is 0 Å². The number of carbonyl (C=O) groups is 1. The van der Waals surface area contributed by atoms with Crippen LogP contribution in [-0.4, -0.2) is 34.6 Å². The van der Waals surface area contributed by atoms with Gasteiger partial charge in [-0.05, 0) is 61.2 Å². The molecule has 170 valence electrons. The average molecular weight is 445 g/mol. The first-order valence-electron chi connectivity index (χ1n) is 11.1. The molecule has 0 saturated heterocycles. The molecule has 7 heteroatoms. The van der Waals surface area contributed by atoms with Crippen LogP contribution in [0, 0.1) is 0 Å². The third kappa shape index (κ3) is 5.68. The van der Waals surface area contributed by atoms with Crippen molar-refractivity contribution >= 4 is 22.8 Å². The number of aromatic nitrogens is 3. The molecule has 4 aromatic rings. The number of esters is 1. The largest absolute Gasteiger partial charge is 0.494 e. The van der Waals surface area contributed by atoms with Crippen LogP contribution in [0.3, 0.4) is 0 Å². The van der Waals surface area contributed by atoms with Gasteiger partial charge in [-0.25, -0.2) is 9.97 Å². The van der Waals surface area contributed by atoms with Crippen molar-refractivity contribution in [1.29, 1.82) is 0 Å². The van der Waals surface area contributed by atoms with E-state index < -0.39 is 0 Å². The lowest BCUT2D eigenvalue weighted by Crippen LogP contribution is -2.08. The molecule has 0 bridgehead atoms. The van der Waals surface area contributed by atoms with E-state index >= 15 is 0 Å². The van der Waals surface area contributed by atoms with Gasteiger partial charge in [0.05, 0.1) is 19.1 Å². The van der Waals surface area contributed by atoms with Crippen molar-refractivity contribution in [3.05, 3.63) is 72.6 Å². The maximum absolute atomic E-state index is 11.1. The number of H-pyrrole nitrogens is 1. The Hall–Kier alpha value is -3.87. The lowest BCUT2D eigenvalue weighted by atomic mass is 10.1. The first-order chi connectivity index (χ1) is 16.1. The summed E-state index contributed by atoms with van der Waals surface area (Å²) in [6.07, 6.45) is 3.54. The van der Waals surface area contributed by atoms with Gasteiger partial charge in [0.15, 0.2) is 0 Å². The van der Waals surface area contributed by atoms with Crippen LogP contribution in [0.5, 0.6) is 5.75 Å². The smallest absolute Gasteiger partial charge is 0.305 e. The normalized spacial score (nSPS) is 11.8. The number of carbonyl (C=O) groups excluding carboxylic acids is 1. The van der Waals surface area contributed by atoms with Crippen LogP contribution in [0.2, 0.25) is 0 Å². The third-order valence-corrected chi connectivity index (χ3v) is 5.52. The number of benzene rings is 2. The van der Waals surface area contributed by atoms with Gasteiger partial charge >= 0.3 is 5.97 Å². The fraction of sp³-hybridized carbons (Fsp3) is 0.269. The lowest BCUT2D eigenvalue weighted by Gasteiger charge is -2.15. The lowest BCUT2D eigenvalue weighted by molar-refractivity contribution is -0.140. The molecule has 2 aromatic carbocycles. The number of aromatic amines is 1. The van der Waals surface area contributed by atoms with E-state index in [0.717, 1.165) is 46.7 Å². The second-order valence-electron chi connectivity index (χ2n) is 7.85. The van der Waals surface area contributed by atoms with Crippen LogP contribution < -0.4 is 10.1 Å². The Labute approximate surface area is 193 Å². The highest BCUT2D eigenvalue weighted by Crippen LogP contribution is 2.29. The Balaban J connectivity index is 1.41. The zero-order valence-electron chi connectivity index (χ0n) is 18.9. The first-order valence-corrected chi connectivity index (χ1v) is 11.1. The third-order valence-electron chi connectivity index (χ3n) is 5.52. The van der Waals surface area contributed by atoms with Gasteiger partial charge in [-0.3, -0.25) is 4.79 Å². The molecule has 1 atom stereocenters.